The van der Waals surface area contributed by atoms with E-state index in [0.29, 0.717) is 38.7 Å². The molecule has 2 atom stereocenters. The van der Waals surface area contributed by atoms with Crippen LogP contribution in [0, 0.1) is 5.92 Å². The Kier molecular flexibility index (Phi) is 8.49. The molecule has 7 nitrogen and oxygen atoms in total. The van der Waals surface area contributed by atoms with Gasteiger partial charge in [-0.25, -0.2) is 0 Å². The predicted octanol–water partition coefficient (Wildman–Crippen LogP) is 0.146. The standard InChI is InChI=1S/C17H31N3O4/c1-23-10-11-24-9-6-16(21)20-8-3-4-14(13-20)12-19-17(22)15-5-2-7-18-15/h14-15,18H,2-13H2,1H3,(H,19,22). The first-order valence-corrected chi connectivity index (χ1v) is 9.06. The molecular formula is C17H31N3O4. The molecule has 0 spiro atoms. The van der Waals surface area contributed by atoms with Crippen molar-refractivity contribution in [1.82, 2.24) is 15.5 Å². The monoisotopic (exact) mass is 341 g/mol. The summed E-state index contributed by atoms with van der Waals surface area (Å²) in [4.78, 5) is 26.2. The van der Waals surface area contributed by atoms with Crippen molar-refractivity contribution in [3.05, 3.63) is 0 Å². The van der Waals surface area contributed by atoms with E-state index in [1.54, 1.807) is 7.11 Å². The summed E-state index contributed by atoms with van der Waals surface area (Å²) in [6.07, 6.45) is 4.46. The number of amides is 2. The van der Waals surface area contributed by atoms with Crippen LogP contribution in [-0.2, 0) is 19.1 Å². The van der Waals surface area contributed by atoms with Crippen molar-refractivity contribution in [3.63, 3.8) is 0 Å². The van der Waals surface area contributed by atoms with E-state index in [2.05, 4.69) is 10.6 Å². The van der Waals surface area contributed by atoms with Gasteiger partial charge >= 0.3 is 0 Å². The number of likely N-dealkylation sites (tertiary alicyclic amines) is 1. The average molecular weight is 341 g/mol. The molecule has 0 saturated carbocycles. The van der Waals surface area contributed by atoms with Crippen LogP contribution in [0.4, 0.5) is 0 Å². The summed E-state index contributed by atoms with van der Waals surface area (Å²) >= 11 is 0. The lowest BCUT2D eigenvalue weighted by Gasteiger charge is -2.33. The Bertz CT molecular complexity index is 399. The molecule has 2 saturated heterocycles. The number of hydrogen-bond donors (Lipinski definition) is 2. The number of carbonyl (C=O) groups excluding carboxylic acids is 2. The van der Waals surface area contributed by atoms with Gasteiger partial charge in [-0.3, -0.25) is 9.59 Å². The second-order valence-electron chi connectivity index (χ2n) is 6.60. The predicted molar refractivity (Wildman–Crippen MR) is 90.7 cm³/mol. The highest BCUT2D eigenvalue weighted by atomic mass is 16.5. The van der Waals surface area contributed by atoms with Gasteiger partial charge < -0.3 is 25.0 Å². The van der Waals surface area contributed by atoms with Crippen molar-refractivity contribution in [2.75, 3.05) is 53.1 Å². The van der Waals surface area contributed by atoms with Crippen LogP contribution in [-0.4, -0.2) is 75.9 Å². The summed E-state index contributed by atoms with van der Waals surface area (Å²) in [5.41, 5.74) is 0. The highest BCUT2D eigenvalue weighted by molar-refractivity contribution is 5.82. The van der Waals surface area contributed by atoms with Crippen LogP contribution in [0.2, 0.25) is 0 Å². The number of nitrogens with one attached hydrogen (secondary N) is 2. The molecule has 0 radical (unpaired) electrons. The molecule has 2 unspecified atom stereocenters. The molecule has 2 N–H and O–H groups in total. The Morgan fingerprint density at radius 1 is 1.21 bits per heavy atom. The second-order valence-corrected chi connectivity index (χ2v) is 6.60. The summed E-state index contributed by atoms with van der Waals surface area (Å²) in [6.45, 7) is 4.64. The molecular weight excluding hydrogens is 310 g/mol. The minimum atomic E-state index is -0.0319. The third kappa shape index (κ3) is 6.37. The maximum absolute atomic E-state index is 12.2. The van der Waals surface area contributed by atoms with Crippen molar-refractivity contribution < 1.29 is 19.1 Å². The van der Waals surface area contributed by atoms with E-state index in [4.69, 9.17) is 9.47 Å². The smallest absolute Gasteiger partial charge is 0.237 e. The lowest BCUT2D eigenvalue weighted by molar-refractivity contribution is -0.134. The number of rotatable bonds is 9. The zero-order chi connectivity index (χ0) is 17.2. The Morgan fingerprint density at radius 2 is 2.08 bits per heavy atom. The molecule has 0 aromatic carbocycles. The Labute approximate surface area is 144 Å². The fourth-order valence-electron chi connectivity index (χ4n) is 3.30. The van der Waals surface area contributed by atoms with Gasteiger partial charge in [-0.2, -0.15) is 0 Å². The van der Waals surface area contributed by atoms with Crippen LogP contribution < -0.4 is 10.6 Å². The normalized spacial score (nSPS) is 24.1. The summed E-state index contributed by atoms with van der Waals surface area (Å²) in [6, 6.07) is -0.0319. The summed E-state index contributed by atoms with van der Waals surface area (Å²) in [5.74, 6) is 0.589. The van der Waals surface area contributed by atoms with E-state index >= 15 is 0 Å². The van der Waals surface area contributed by atoms with Gasteiger partial charge in [0.05, 0.1) is 32.3 Å². The second kappa shape index (κ2) is 10.6. The van der Waals surface area contributed by atoms with Crippen molar-refractivity contribution in [2.45, 2.75) is 38.1 Å². The van der Waals surface area contributed by atoms with Crippen LogP contribution in [0.3, 0.4) is 0 Å². The maximum atomic E-state index is 12.2. The SMILES string of the molecule is COCCOCCC(=O)N1CCCC(CNC(=O)C2CCCN2)C1. The van der Waals surface area contributed by atoms with Crippen molar-refractivity contribution in [3.8, 4) is 0 Å². The Morgan fingerprint density at radius 3 is 2.83 bits per heavy atom. The van der Waals surface area contributed by atoms with Crippen LogP contribution in [0.1, 0.15) is 32.1 Å². The van der Waals surface area contributed by atoms with Crippen LogP contribution >= 0.6 is 0 Å². The molecule has 2 aliphatic heterocycles. The van der Waals surface area contributed by atoms with Gasteiger partial charge in [0, 0.05) is 26.7 Å². The summed E-state index contributed by atoms with van der Waals surface area (Å²) in [5, 5.41) is 6.25. The van der Waals surface area contributed by atoms with Crippen LogP contribution in [0.15, 0.2) is 0 Å². The Balaban J connectivity index is 1.63. The summed E-state index contributed by atoms with van der Waals surface area (Å²) in [7, 11) is 1.63. The number of hydrogen-bond acceptors (Lipinski definition) is 5. The quantitative estimate of drug-likeness (QED) is 0.584. The minimum absolute atomic E-state index is 0.0319. The van der Waals surface area contributed by atoms with Gasteiger partial charge in [0.2, 0.25) is 11.8 Å². The fraction of sp³-hybridized carbons (Fsp3) is 0.882. The highest BCUT2D eigenvalue weighted by Crippen LogP contribution is 2.17. The first kappa shape index (κ1) is 19.1. The van der Waals surface area contributed by atoms with E-state index in [1.807, 2.05) is 4.90 Å². The molecule has 2 rings (SSSR count). The zero-order valence-electron chi connectivity index (χ0n) is 14.7. The third-order valence-electron chi connectivity index (χ3n) is 4.71. The first-order valence-electron chi connectivity index (χ1n) is 9.06. The molecule has 138 valence electrons. The zero-order valence-corrected chi connectivity index (χ0v) is 14.7. The average Bonchev–Trinajstić information content (AvgIpc) is 3.14. The van der Waals surface area contributed by atoms with E-state index in [1.165, 1.54) is 0 Å². The van der Waals surface area contributed by atoms with E-state index < -0.39 is 0 Å². The number of piperidine rings is 1. The van der Waals surface area contributed by atoms with Gasteiger partial charge in [0.15, 0.2) is 0 Å². The van der Waals surface area contributed by atoms with Gasteiger partial charge in [0.25, 0.3) is 0 Å². The molecule has 0 aliphatic carbocycles. The lowest BCUT2D eigenvalue weighted by atomic mass is 9.97. The molecule has 2 fully saturated rings. The van der Waals surface area contributed by atoms with E-state index in [9.17, 15) is 9.59 Å². The number of ether oxygens (including phenoxy) is 2. The van der Waals surface area contributed by atoms with Gasteiger partial charge in [-0.1, -0.05) is 0 Å². The van der Waals surface area contributed by atoms with Crippen LogP contribution in [0.25, 0.3) is 0 Å². The molecule has 2 aliphatic rings. The largest absolute Gasteiger partial charge is 0.382 e. The van der Waals surface area contributed by atoms with Crippen LogP contribution in [0.5, 0.6) is 0 Å². The summed E-state index contributed by atoms with van der Waals surface area (Å²) < 4.78 is 10.3. The number of nitrogens with zero attached hydrogens (tertiary/aromatic N) is 1. The van der Waals surface area contributed by atoms with E-state index in [-0.39, 0.29) is 17.9 Å². The van der Waals surface area contributed by atoms with E-state index in [0.717, 1.165) is 45.3 Å². The van der Waals surface area contributed by atoms with Gasteiger partial charge in [-0.05, 0) is 38.1 Å². The Hall–Kier alpha value is -1.18. The van der Waals surface area contributed by atoms with Gasteiger partial charge in [-0.15, -0.1) is 0 Å². The molecule has 0 aromatic heterocycles. The molecule has 7 heteroatoms. The lowest BCUT2D eigenvalue weighted by Crippen LogP contribution is -2.46. The first-order chi connectivity index (χ1) is 11.7. The minimum Gasteiger partial charge on any atom is -0.382 e. The molecule has 2 heterocycles. The van der Waals surface area contributed by atoms with Crippen molar-refractivity contribution in [1.29, 1.82) is 0 Å². The third-order valence-corrected chi connectivity index (χ3v) is 4.71. The maximum Gasteiger partial charge on any atom is 0.237 e. The topological polar surface area (TPSA) is 79.9 Å². The highest BCUT2D eigenvalue weighted by Gasteiger charge is 2.26. The van der Waals surface area contributed by atoms with Crippen molar-refractivity contribution >= 4 is 11.8 Å². The number of carbonyl (C=O) groups is 2. The van der Waals surface area contributed by atoms with Gasteiger partial charge in [0.1, 0.15) is 0 Å². The fourth-order valence-corrected chi connectivity index (χ4v) is 3.30. The van der Waals surface area contributed by atoms with Crippen molar-refractivity contribution in [2.24, 2.45) is 5.92 Å². The number of methoxy groups -OCH3 is 1. The molecule has 24 heavy (non-hydrogen) atoms. The molecule has 0 bridgehead atoms. The molecule has 2 amide bonds. The molecule has 0 aromatic rings.